The van der Waals surface area contributed by atoms with Crippen molar-refractivity contribution in [1.82, 2.24) is 0 Å². The maximum atomic E-state index is 11.4. The highest BCUT2D eigenvalue weighted by Crippen LogP contribution is 2.12. The molecule has 0 amide bonds. The number of carbonyl (C=O) groups excluding carboxylic acids is 2. The summed E-state index contributed by atoms with van der Waals surface area (Å²) in [6.07, 6.45) is 10.2. The molecule has 0 spiro atoms. The van der Waals surface area contributed by atoms with E-state index in [0.29, 0.717) is 0 Å². The Morgan fingerprint density at radius 3 is 1.39 bits per heavy atom. The van der Waals surface area contributed by atoms with Crippen LogP contribution in [0.1, 0.15) is 40.5 Å². The van der Waals surface area contributed by atoms with Gasteiger partial charge in [0.15, 0.2) is 11.2 Å². The summed E-state index contributed by atoms with van der Waals surface area (Å²) < 4.78 is 9.94. The number of rotatable bonds is 5. The molecule has 0 aliphatic rings. The van der Waals surface area contributed by atoms with E-state index in [1.807, 2.05) is 0 Å². The van der Waals surface area contributed by atoms with E-state index in [1.165, 1.54) is 0 Å². The summed E-state index contributed by atoms with van der Waals surface area (Å²) in [5.41, 5.74) is -1.95. The predicted octanol–water partition coefficient (Wildman–Crippen LogP) is 1.68. The minimum Gasteiger partial charge on any atom is -0.446 e. The fraction of sp³-hybridized carbons (Fsp3) is 0.571. The average molecular weight is 250 g/mol. The van der Waals surface area contributed by atoms with E-state index < -0.39 is 23.1 Å². The zero-order valence-corrected chi connectivity index (χ0v) is 11.2. The Labute approximate surface area is 108 Å². The van der Waals surface area contributed by atoms with E-state index in [1.54, 1.807) is 27.7 Å². The number of esters is 2. The van der Waals surface area contributed by atoms with E-state index in [4.69, 9.17) is 22.3 Å². The highest BCUT2D eigenvalue weighted by Gasteiger charge is 2.23. The van der Waals surface area contributed by atoms with Gasteiger partial charge in [-0.15, -0.1) is 12.8 Å². The molecule has 18 heavy (non-hydrogen) atoms. The predicted molar refractivity (Wildman–Crippen MR) is 67.2 cm³/mol. The van der Waals surface area contributed by atoms with Gasteiger partial charge >= 0.3 is 11.9 Å². The molecule has 0 N–H and O–H groups in total. The smallest absolute Gasteiger partial charge is 0.307 e. The minimum absolute atomic E-state index is 0.0927. The van der Waals surface area contributed by atoms with Gasteiger partial charge in [-0.2, -0.15) is 0 Å². The molecule has 4 heteroatoms. The van der Waals surface area contributed by atoms with Gasteiger partial charge in [-0.3, -0.25) is 9.59 Å². The third-order valence-corrected chi connectivity index (χ3v) is 1.97. The monoisotopic (exact) mass is 250 g/mol. The summed E-state index contributed by atoms with van der Waals surface area (Å²) in [4.78, 5) is 22.8. The highest BCUT2D eigenvalue weighted by atomic mass is 16.6. The molecule has 0 aliphatic carbocycles. The van der Waals surface area contributed by atoms with Crippen molar-refractivity contribution >= 4 is 11.9 Å². The number of terminal acetylenes is 2. The lowest BCUT2D eigenvalue weighted by Gasteiger charge is -2.20. The lowest BCUT2D eigenvalue weighted by Crippen LogP contribution is -2.28. The lowest BCUT2D eigenvalue weighted by atomic mass is 10.1. The minimum atomic E-state index is -0.973. The molecule has 0 aromatic rings. The van der Waals surface area contributed by atoms with Gasteiger partial charge in [0.2, 0.25) is 0 Å². The zero-order chi connectivity index (χ0) is 14.4. The molecular weight excluding hydrogens is 232 g/mol. The second kappa shape index (κ2) is 6.12. The number of carbonyl (C=O) groups is 2. The quantitative estimate of drug-likeness (QED) is 0.550. The number of ether oxygens (including phenoxy) is 2. The van der Waals surface area contributed by atoms with Crippen molar-refractivity contribution < 1.29 is 19.1 Å². The molecule has 0 aliphatic heterocycles. The first kappa shape index (κ1) is 16.1. The molecule has 0 fully saturated rings. The summed E-state index contributed by atoms with van der Waals surface area (Å²) in [6, 6.07) is 0. The van der Waals surface area contributed by atoms with Gasteiger partial charge in [0.05, 0.1) is 12.8 Å². The van der Waals surface area contributed by atoms with Gasteiger partial charge in [0, 0.05) is 0 Å². The Hall–Kier alpha value is -1.94. The number of hydrogen-bond acceptors (Lipinski definition) is 4. The first-order chi connectivity index (χ1) is 8.12. The van der Waals surface area contributed by atoms with Crippen molar-refractivity contribution in [2.75, 3.05) is 0 Å². The second-order valence-electron chi connectivity index (χ2n) is 4.76. The Bertz CT molecular complexity index is 364. The molecule has 0 aromatic heterocycles. The third-order valence-electron chi connectivity index (χ3n) is 1.97. The molecule has 0 unspecified atom stereocenters. The third kappa shape index (κ3) is 6.60. The maximum absolute atomic E-state index is 11.4. The molecule has 0 aromatic carbocycles. The Balaban J connectivity index is 4.14. The lowest BCUT2D eigenvalue weighted by molar-refractivity contribution is -0.159. The first-order valence-electron chi connectivity index (χ1n) is 5.51. The summed E-state index contributed by atoms with van der Waals surface area (Å²) in [7, 11) is 0. The van der Waals surface area contributed by atoms with Gasteiger partial charge in [-0.05, 0) is 27.7 Å². The average Bonchev–Trinajstić information content (AvgIpc) is 2.25. The fourth-order valence-corrected chi connectivity index (χ4v) is 0.934. The second-order valence-corrected chi connectivity index (χ2v) is 4.76. The highest BCUT2D eigenvalue weighted by molar-refractivity contribution is 5.78. The summed E-state index contributed by atoms with van der Waals surface area (Å²) in [5, 5.41) is 0. The van der Waals surface area contributed by atoms with Gasteiger partial charge in [-0.25, -0.2) is 0 Å². The SMILES string of the molecule is C#CC(C)(C)OC(=O)CCC(=O)OC(C)(C)C#C. The Morgan fingerprint density at radius 1 is 0.889 bits per heavy atom. The van der Waals surface area contributed by atoms with Crippen molar-refractivity contribution in [2.24, 2.45) is 0 Å². The zero-order valence-electron chi connectivity index (χ0n) is 11.2. The van der Waals surface area contributed by atoms with Gasteiger partial charge in [0.25, 0.3) is 0 Å². The largest absolute Gasteiger partial charge is 0.446 e. The van der Waals surface area contributed by atoms with Crippen LogP contribution in [-0.2, 0) is 19.1 Å². The molecule has 0 rings (SSSR count). The van der Waals surface area contributed by atoms with Crippen LogP contribution in [0.3, 0.4) is 0 Å². The van der Waals surface area contributed by atoms with Crippen LogP contribution in [0.25, 0.3) is 0 Å². The van der Waals surface area contributed by atoms with Crippen LogP contribution in [0.2, 0.25) is 0 Å². The normalized spacial score (nSPS) is 11.0. The molecular formula is C14H18O4. The van der Waals surface area contributed by atoms with Crippen LogP contribution in [0.4, 0.5) is 0 Å². The topological polar surface area (TPSA) is 52.6 Å². The maximum Gasteiger partial charge on any atom is 0.307 e. The van der Waals surface area contributed by atoms with Crippen LogP contribution < -0.4 is 0 Å². The summed E-state index contributed by atoms with van der Waals surface area (Å²) in [5.74, 6) is 3.55. The van der Waals surface area contributed by atoms with E-state index in [-0.39, 0.29) is 12.8 Å². The van der Waals surface area contributed by atoms with Gasteiger partial charge in [0.1, 0.15) is 0 Å². The number of hydrogen-bond donors (Lipinski definition) is 0. The Morgan fingerprint density at radius 2 is 1.17 bits per heavy atom. The van der Waals surface area contributed by atoms with E-state index >= 15 is 0 Å². The summed E-state index contributed by atoms with van der Waals surface area (Å²) in [6.45, 7) is 6.35. The molecule has 0 radical (unpaired) electrons. The molecule has 0 atom stereocenters. The van der Waals surface area contributed by atoms with Crippen molar-refractivity contribution in [1.29, 1.82) is 0 Å². The van der Waals surface area contributed by atoms with E-state index in [2.05, 4.69) is 11.8 Å². The van der Waals surface area contributed by atoms with Crippen molar-refractivity contribution in [3.05, 3.63) is 0 Å². The van der Waals surface area contributed by atoms with Crippen molar-refractivity contribution in [2.45, 2.75) is 51.7 Å². The molecule has 0 bridgehead atoms. The van der Waals surface area contributed by atoms with Crippen LogP contribution in [0.15, 0.2) is 0 Å². The van der Waals surface area contributed by atoms with Crippen LogP contribution in [0.5, 0.6) is 0 Å². The Kier molecular flexibility index (Phi) is 5.46. The molecule has 4 nitrogen and oxygen atoms in total. The van der Waals surface area contributed by atoms with Crippen LogP contribution >= 0.6 is 0 Å². The standard InChI is InChI=1S/C14H18O4/c1-7-13(3,4)17-11(15)9-10-12(16)18-14(5,6)8-2/h1-2H,9-10H2,3-6H3. The first-order valence-corrected chi connectivity index (χ1v) is 5.51. The molecule has 0 saturated heterocycles. The fourth-order valence-electron chi connectivity index (χ4n) is 0.934. The van der Waals surface area contributed by atoms with Crippen molar-refractivity contribution in [3.8, 4) is 24.7 Å². The van der Waals surface area contributed by atoms with Crippen LogP contribution in [-0.4, -0.2) is 23.1 Å². The summed E-state index contributed by atoms with van der Waals surface area (Å²) >= 11 is 0. The van der Waals surface area contributed by atoms with Gasteiger partial charge < -0.3 is 9.47 Å². The molecule has 98 valence electrons. The van der Waals surface area contributed by atoms with Crippen molar-refractivity contribution in [3.63, 3.8) is 0 Å². The van der Waals surface area contributed by atoms with E-state index in [0.717, 1.165) is 0 Å². The molecule has 0 saturated carbocycles. The van der Waals surface area contributed by atoms with E-state index in [9.17, 15) is 9.59 Å². The van der Waals surface area contributed by atoms with Gasteiger partial charge in [-0.1, -0.05) is 11.8 Å². The van der Waals surface area contributed by atoms with Crippen LogP contribution in [0, 0.1) is 24.7 Å². The molecule has 0 heterocycles.